The van der Waals surface area contributed by atoms with Crippen LogP contribution in [0.1, 0.15) is 11.3 Å². The fourth-order valence-corrected chi connectivity index (χ4v) is 4.50. The molecule has 0 radical (unpaired) electrons. The van der Waals surface area contributed by atoms with E-state index in [-0.39, 0.29) is 17.9 Å². The highest BCUT2D eigenvalue weighted by Crippen LogP contribution is 2.30. The number of fused-ring (bicyclic) bond motifs is 1. The number of aromatic nitrogens is 2. The molecule has 0 aromatic carbocycles. The first kappa shape index (κ1) is 16.7. The predicted octanol–water partition coefficient (Wildman–Crippen LogP) is 1.01. The Morgan fingerprint density at radius 1 is 1.36 bits per heavy atom. The maximum Gasteiger partial charge on any atom is 0.228 e. The Morgan fingerprint density at radius 3 is 2.88 bits per heavy atom. The molecule has 4 heterocycles. The molecule has 0 saturated carbocycles. The minimum atomic E-state index is -0.0367. The van der Waals surface area contributed by atoms with Crippen LogP contribution in [0, 0.1) is 12.8 Å². The van der Waals surface area contributed by atoms with Crippen LogP contribution in [-0.4, -0.2) is 66.2 Å². The average molecular weight is 361 g/mol. The Kier molecular flexibility index (Phi) is 4.58. The molecule has 2 aliphatic heterocycles. The highest BCUT2D eigenvalue weighted by Gasteiger charge is 2.34. The largest absolute Gasteiger partial charge is 0.376 e. The van der Waals surface area contributed by atoms with Gasteiger partial charge in [0.2, 0.25) is 5.91 Å². The molecule has 2 atom stereocenters. The summed E-state index contributed by atoms with van der Waals surface area (Å²) < 4.78 is 5.57. The molecule has 2 aliphatic rings. The second-order valence-electron chi connectivity index (χ2n) is 6.71. The van der Waals surface area contributed by atoms with E-state index in [4.69, 9.17) is 10.5 Å². The number of anilines is 1. The first-order chi connectivity index (χ1) is 12.2. The lowest BCUT2D eigenvalue weighted by molar-refractivity contribution is -0.135. The molecule has 25 heavy (non-hydrogen) atoms. The Labute approximate surface area is 150 Å². The molecule has 7 nitrogen and oxygen atoms in total. The molecular formula is C17H23N5O2S. The van der Waals surface area contributed by atoms with E-state index < -0.39 is 0 Å². The second-order valence-corrected chi connectivity index (χ2v) is 7.94. The molecule has 0 spiro atoms. The number of nitrogens with two attached hydrogens (primary N) is 1. The molecule has 1 amide bonds. The van der Waals surface area contributed by atoms with Crippen LogP contribution in [0.3, 0.4) is 0 Å². The summed E-state index contributed by atoms with van der Waals surface area (Å²) in [4.78, 5) is 28.0. The Morgan fingerprint density at radius 2 is 2.16 bits per heavy atom. The molecule has 2 saturated heterocycles. The van der Waals surface area contributed by atoms with E-state index in [9.17, 15) is 4.79 Å². The second kappa shape index (κ2) is 6.86. The van der Waals surface area contributed by atoms with Crippen molar-refractivity contribution in [3.05, 3.63) is 17.3 Å². The van der Waals surface area contributed by atoms with Crippen molar-refractivity contribution in [2.24, 2.45) is 11.7 Å². The molecule has 134 valence electrons. The van der Waals surface area contributed by atoms with Gasteiger partial charge in [-0.3, -0.25) is 4.79 Å². The molecule has 2 aromatic rings. The maximum absolute atomic E-state index is 12.7. The van der Waals surface area contributed by atoms with Crippen LogP contribution in [0.2, 0.25) is 0 Å². The maximum atomic E-state index is 12.7. The van der Waals surface area contributed by atoms with Gasteiger partial charge < -0.3 is 20.3 Å². The number of rotatable bonds is 3. The van der Waals surface area contributed by atoms with Crippen molar-refractivity contribution >= 4 is 33.3 Å². The van der Waals surface area contributed by atoms with Crippen LogP contribution < -0.4 is 10.6 Å². The highest BCUT2D eigenvalue weighted by atomic mass is 32.1. The minimum absolute atomic E-state index is 0.0337. The third-order valence-electron chi connectivity index (χ3n) is 5.02. The number of ether oxygens (including phenoxy) is 1. The van der Waals surface area contributed by atoms with Gasteiger partial charge in [-0.2, -0.15) is 0 Å². The van der Waals surface area contributed by atoms with Gasteiger partial charge >= 0.3 is 0 Å². The average Bonchev–Trinajstić information content (AvgIpc) is 3.26. The summed E-state index contributed by atoms with van der Waals surface area (Å²) in [6.45, 7) is 6.10. The summed E-state index contributed by atoms with van der Waals surface area (Å²) in [5, 5.41) is 1.11. The van der Waals surface area contributed by atoms with E-state index in [0.717, 1.165) is 48.6 Å². The summed E-state index contributed by atoms with van der Waals surface area (Å²) in [7, 11) is 0. The molecule has 2 aromatic heterocycles. The topological polar surface area (TPSA) is 84.6 Å². The SMILES string of the molecule is Cc1cc2c(N3CCN(C(=O)C4COC(CN)C4)CC3)ncnc2s1. The van der Waals surface area contributed by atoms with Crippen molar-refractivity contribution in [3.63, 3.8) is 0 Å². The van der Waals surface area contributed by atoms with E-state index in [1.165, 1.54) is 4.88 Å². The number of nitrogens with zero attached hydrogens (tertiary/aromatic N) is 4. The Bertz CT molecular complexity index is 771. The number of hydrogen-bond acceptors (Lipinski definition) is 7. The highest BCUT2D eigenvalue weighted by molar-refractivity contribution is 7.18. The fourth-order valence-electron chi connectivity index (χ4n) is 3.65. The number of aryl methyl sites for hydroxylation is 1. The van der Waals surface area contributed by atoms with Gasteiger partial charge in [0.25, 0.3) is 0 Å². The Balaban J connectivity index is 1.42. The lowest BCUT2D eigenvalue weighted by atomic mass is 10.0. The first-order valence-corrected chi connectivity index (χ1v) is 9.54. The zero-order chi connectivity index (χ0) is 17.4. The molecule has 2 fully saturated rings. The van der Waals surface area contributed by atoms with Crippen LogP contribution in [-0.2, 0) is 9.53 Å². The molecule has 0 aliphatic carbocycles. The van der Waals surface area contributed by atoms with Crippen molar-refractivity contribution in [1.29, 1.82) is 0 Å². The van der Waals surface area contributed by atoms with Gasteiger partial charge in [0, 0.05) is 37.6 Å². The van der Waals surface area contributed by atoms with Crippen LogP contribution in [0.4, 0.5) is 5.82 Å². The number of thiophene rings is 1. The summed E-state index contributed by atoms with van der Waals surface area (Å²) in [5.41, 5.74) is 5.64. The van der Waals surface area contributed by atoms with Crippen molar-refractivity contribution in [3.8, 4) is 0 Å². The zero-order valence-electron chi connectivity index (χ0n) is 14.4. The van der Waals surface area contributed by atoms with Crippen molar-refractivity contribution < 1.29 is 9.53 Å². The number of carbonyl (C=O) groups is 1. The van der Waals surface area contributed by atoms with Crippen molar-refractivity contribution in [2.45, 2.75) is 19.4 Å². The molecular weight excluding hydrogens is 338 g/mol. The van der Waals surface area contributed by atoms with Crippen molar-refractivity contribution in [1.82, 2.24) is 14.9 Å². The van der Waals surface area contributed by atoms with Gasteiger partial charge in [0.1, 0.15) is 17.0 Å². The molecule has 2 unspecified atom stereocenters. The van der Waals surface area contributed by atoms with Gasteiger partial charge in [-0.05, 0) is 19.4 Å². The van der Waals surface area contributed by atoms with Crippen LogP contribution in [0.15, 0.2) is 12.4 Å². The number of hydrogen-bond donors (Lipinski definition) is 1. The fraction of sp³-hybridized carbons (Fsp3) is 0.588. The summed E-state index contributed by atoms with van der Waals surface area (Å²) in [6, 6.07) is 2.15. The monoisotopic (exact) mass is 361 g/mol. The Hall–Kier alpha value is -1.77. The van der Waals surface area contributed by atoms with E-state index in [1.807, 2.05) is 4.90 Å². The first-order valence-electron chi connectivity index (χ1n) is 8.72. The summed E-state index contributed by atoms with van der Waals surface area (Å²) in [6.07, 6.45) is 2.41. The number of amides is 1. The van der Waals surface area contributed by atoms with E-state index in [2.05, 4.69) is 27.9 Å². The standard InChI is InChI=1S/C17H23N5O2S/c1-11-6-14-15(19-10-20-16(14)25-11)21-2-4-22(5-3-21)17(23)12-7-13(8-18)24-9-12/h6,10,12-13H,2-5,7-9,18H2,1H3. The van der Waals surface area contributed by atoms with Crippen LogP contribution in [0.5, 0.6) is 0 Å². The molecule has 2 N–H and O–H groups in total. The normalized spacial score (nSPS) is 24.2. The lowest BCUT2D eigenvalue weighted by Crippen LogP contribution is -2.50. The van der Waals surface area contributed by atoms with Gasteiger partial charge in [0.15, 0.2) is 0 Å². The van der Waals surface area contributed by atoms with Gasteiger partial charge in [-0.25, -0.2) is 9.97 Å². The van der Waals surface area contributed by atoms with Crippen LogP contribution >= 0.6 is 11.3 Å². The van der Waals surface area contributed by atoms with E-state index in [0.29, 0.717) is 13.2 Å². The molecule has 4 rings (SSSR count). The smallest absolute Gasteiger partial charge is 0.228 e. The van der Waals surface area contributed by atoms with Gasteiger partial charge in [-0.1, -0.05) is 0 Å². The van der Waals surface area contributed by atoms with Crippen LogP contribution in [0.25, 0.3) is 10.2 Å². The molecule has 0 bridgehead atoms. The third-order valence-corrected chi connectivity index (χ3v) is 5.97. The number of carbonyl (C=O) groups excluding carboxylic acids is 1. The zero-order valence-corrected chi connectivity index (χ0v) is 15.2. The molecule has 8 heteroatoms. The predicted molar refractivity (Wildman–Crippen MR) is 97.8 cm³/mol. The lowest BCUT2D eigenvalue weighted by Gasteiger charge is -2.36. The quantitative estimate of drug-likeness (QED) is 0.878. The van der Waals surface area contributed by atoms with E-state index >= 15 is 0 Å². The van der Waals surface area contributed by atoms with Gasteiger partial charge in [-0.15, -0.1) is 11.3 Å². The third kappa shape index (κ3) is 3.21. The summed E-state index contributed by atoms with van der Waals surface area (Å²) in [5.74, 6) is 1.15. The minimum Gasteiger partial charge on any atom is -0.376 e. The number of piperazine rings is 1. The van der Waals surface area contributed by atoms with Gasteiger partial charge in [0.05, 0.1) is 24.0 Å². The summed E-state index contributed by atoms with van der Waals surface area (Å²) >= 11 is 1.69. The van der Waals surface area contributed by atoms with E-state index in [1.54, 1.807) is 17.7 Å². The van der Waals surface area contributed by atoms with Crippen molar-refractivity contribution in [2.75, 3.05) is 44.2 Å².